The number of hydrogen-bond donors (Lipinski definition) is 0. The second kappa shape index (κ2) is 6.85. The Kier molecular flexibility index (Phi) is 5.34. The van der Waals surface area contributed by atoms with Gasteiger partial charge in [-0.15, -0.1) is 0 Å². The monoisotopic (exact) mass is 479 g/mol. The molecule has 0 fully saturated rings. The number of hydrogen-bond acceptors (Lipinski definition) is 4. The standard InChI is InChI=1S/C13H8Br3NO4/c14-8-3-1-2-7(6-8)11(15)12(16)13(18)9-4-5-10(21-9)17(19)20/h1-6,11-12H. The quantitative estimate of drug-likeness (QED) is 0.260. The van der Waals surface area contributed by atoms with Crippen molar-refractivity contribution in [3.8, 4) is 0 Å². The maximum absolute atomic E-state index is 12.3. The Morgan fingerprint density at radius 2 is 1.95 bits per heavy atom. The van der Waals surface area contributed by atoms with Crippen molar-refractivity contribution >= 4 is 59.5 Å². The van der Waals surface area contributed by atoms with Gasteiger partial charge in [0.25, 0.3) is 0 Å². The summed E-state index contributed by atoms with van der Waals surface area (Å²) in [5.41, 5.74) is 0.889. The van der Waals surface area contributed by atoms with Crippen LogP contribution < -0.4 is 0 Å². The van der Waals surface area contributed by atoms with Crippen LogP contribution in [0.5, 0.6) is 0 Å². The maximum Gasteiger partial charge on any atom is 0.433 e. The van der Waals surface area contributed by atoms with Crippen LogP contribution >= 0.6 is 47.8 Å². The van der Waals surface area contributed by atoms with E-state index in [0.717, 1.165) is 16.1 Å². The summed E-state index contributed by atoms with van der Waals surface area (Å²) in [6.45, 7) is 0. The van der Waals surface area contributed by atoms with E-state index in [4.69, 9.17) is 4.42 Å². The summed E-state index contributed by atoms with van der Waals surface area (Å²) in [6.07, 6.45) is 0. The molecule has 0 aliphatic carbocycles. The number of ketones is 1. The SMILES string of the molecule is O=C(c1ccc([N+](=O)[O-])o1)C(Br)C(Br)c1cccc(Br)c1. The van der Waals surface area contributed by atoms with Crippen molar-refractivity contribution in [1.82, 2.24) is 0 Å². The molecule has 2 aromatic rings. The summed E-state index contributed by atoms with van der Waals surface area (Å²) in [5, 5.41) is 10.6. The average Bonchev–Trinajstić information content (AvgIpc) is 2.95. The van der Waals surface area contributed by atoms with Crippen molar-refractivity contribution in [3.05, 3.63) is 62.3 Å². The van der Waals surface area contributed by atoms with Gasteiger partial charge in [0.05, 0.1) is 15.7 Å². The van der Waals surface area contributed by atoms with Crippen molar-refractivity contribution in [1.29, 1.82) is 0 Å². The lowest BCUT2D eigenvalue weighted by atomic mass is 10.1. The number of carbonyl (C=O) groups is 1. The Bertz CT molecular complexity index is 686. The van der Waals surface area contributed by atoms with E-state index in [9.17, 15) is 14.9 Å². The third kappa shape index (κ3) is 3.81. The highest BCUT2D eigenvalue weighted by molar-refractivity contribution is 9.12. The number of carbonyl (C=O) groups excluding carboxylic acids is 1. The Balaban J connectivity index is 2.19. The van der Waals surface area contributed by atoms with Crippen molar-refractivity contribution < 1.29 is 14.1 Å². The number of rotatable bonds is 5. The van der Waals surface area contributed by atoms with E-state index in [2.05, 4.69) is 47.8 Å². The molecule has 0 aliphatic rings. The van der Waals surface area contributed by atoms with Crippen LogP contribution in [0.1, 0.15) is 20.9 Å². The third-order valence-corrected chi connectivity index (χ3v) is 5.89. The van der Waals surface area contributed by atoms with Gasteiger partial charge in [-0.3, -0.25) is 14.9 Å². The molecule has 5 nitrogen and oxygen atoms in total. The second-order valence-corrected chi connectivity index (χ2v) is 7.01. The fourth-order valence-corrected chi connectivity index (χ4v) is 3.15. The fraction of sp³-hybridized carbons (Fsp3) is 0.154. The molecule has 1 aromatic carbocycles. The lowest BCUT2D eigenvalue weighted by Crippen LogP contribution is -2.18. The maximum atomic E-state index is 12.3. The smallest absolute Gasteiger partial charge is 0.397 e. The molecule has 2 rings (SSSR count). The van der Waals surface area contributed by atoms with Crippen LogP contribution in [0.15, 0.2) is 45.3 Å². The van der Waals surface area contributed by atoms with E-state index in [-0.39, 0.29) is 16.4 Å². The van der Waals surface area contributed by atoms with E-state index in [1.165, 1.54) is 6.07 Å². The summed E-state index contributed by atoms with van der Waals surface area (Å²) >= 11 is 10.1. The van der Waals surface area contributed by atoms with Gasteiger partial charge in [-0.1, -0.05) is 59.9 Å². The minimum absolute atomic E-state index is 0.0528. The number of benzene rings is 1. The molecular weight excluding hydrogens is 474 g/mol. The minimum atomic E-state index is -0.681. The molecule has 1 aromatic heterocycles. The Morgan fingerprint density at radius 3 is 2.52 bits per heavy atom. The molecule has 1 heterocycles. The largest absolute Gasteiger partial charge is 0.433 e. The fourth-order valence-electron chi connectivity index (χ4n) is 1.67. The highest BCUT2D eigenvalue weighted by Gasteiger charge is 2.29. The highest BCUT2D eigenvalue weighted by Crippen LogP contribution is 2.35. The first-order valence-corrected chi connectivity index (χ1v) is 8.34. The molecule has 21 heavy (non-hydrogen) atoms. The van der Waals surface area contributed by atoms with Crippen LogP contribution in [0.4, 0.5) is 5.88 Å². The van der Waals surface area contributed by atoms with E-state index in [0.29, 0.717) is 0 Å². The predicted molar refractivity (Wildman–Crippen MR) is 88.2 cm³/mol. The first kappa shape index (κ1) is 16.4. The highest BCUT2D eigenvalue weighted by atomic mass is 79.9. The average molecular weight is 482 g/mol. The van der Waals surface area contributed by atoms with Crippen molar-refractivity contribution in [2.24, 2.45) is 0 Å². The zero-order valence-corrected chi connectivity index (χ0v) is 15.1. The number of nitrogens with zero attached hydrogens (tertiary/aromatic N) is 1. The van der Waals surface area contributed by atoms with Gasteiger partial charge in [0.15, 0.2) is 5.76 Å². The van der Waals surface area contributed by atoms with Gasteiger partial charge in [0.1, 0.15) is 4.92 Å². The molecule has 2 unspecified atom stereocenters. The first-order valence-electron chi connectivity index (χ1n) is 5.72. The molecular formula is C13H8Br3NO4. The molecule has 0 N–H and O–H groups in total. The first-order chi connectivity index (χ1) is 9.90. The van der Waals surface area contributed by atoms with Crippen LogP contribution in [0.3, 0.4) is 0 Å². The Morgan fingerprint density at radius 1 is 1.24 bits per heavy atom. The van der Waals surface area contributed by atoms with Crippen molar-refractivity contribution in [2.75, 3.05) is 0 Å². The zero-order chi connectivity index (χ0) is 15.6. The van der Waals surface area contributed by atoms with Crippen molar-refractivity contribution in [3.63, 3.8) is 0 Å². The molecule has 0 aliphatic heterocycles. The van der Waals surface area contributed by atoms with E-state index >= 15 is 0 Å². The molecule has 110 valence electrons. The minimum Gasteiger partial charge on any atom is -0.397 e. The number of alkyl halides is 2. The lowest BCUT2D eigenvalue weighted by molar-refractivity contribution is -0.402. The predicted octanol–water partition coefficient (Wildman–Crippen LogP) is 5.03. The Labute approximate surface area is 145 Å². The van der Waals surface area contributed by atoms with Gasteiger partial charge >= 0.3 is 5.88 Å². The number of furan rings is 1. The third-order valence-electron chi connectivity index (χ3n) is 2.69. The molecule has 0 saturated heterocycles. The van der Waals surface area contributed by atoms with Gasteiger partial charge in [-0.2, -0.15) is 0 Å². The van der Waals surface area contributed by atoms with E-state index in [1.54, 1.807) is 0 Å². The van der Waals surface area contributed by atoms with Crippen LogP contribution in [0.2, 0.25) is 0 Å². The van der Waals surface area contributed by atoms with Crippen LogP contribution in [0, 0.1) is 10.1 Å². The normalized spacial score (nSPS) is 13.7. The summed E-state index contributed by atoms with van der Waals surface area (Å²) in [6, 6.07) is 9.95. The number of Topliss-reactive ketones (excluding diaryl/α,β-unsaturated/α-hetero) is 1. The summed E-state index contributed by atoms with van der Waals surface area (Å²) < 4.78 is 5.82. The van der Waals surface area contributed by atoms with Gasteiger partial charge in [0.2, 0.25) is 5.78 Å². The molecule has 8 heteroatoms. The Hall–Kier alpha value is -0.990. The van der Waals surface area contributed by atoms with Crippen LogP contribution in [0.25, 0.3) is 0 Å². The van der Waals surface area contributed by atoms with Crippen molar-refractivity contribution in [2.45, 2.75) is 9.65 Å². The lowest BCUT2D eigenvalue weighted by Gasteiger charge is -2.15. The van der Waals surface area contributed by atoms with E-state index in [1.807, 2.05) is 24.3 Å². The van der Waals surface area contributed by atoms with Gasteiger partial charge < -0.3 is 4.42 Å². The van der Waals surface area contributed by atoms with E-state index < -0.39 is 15.6 Å². The topological polar surface area (TPSA) is 73.3 Å². The zero-order valence-electron chi connectivity index (χ0n) is 10.3. The second-order valence-electron chi connectivity index (χ2n) is 4.12. The summed E-state index contributed by atoms with van der Waals surface area (Å²) in [4.78, 5) is 21.3. The molecule has 0 saturated carbocycles. The molecule has 2 atom stereocenters. The number of halogens is 3. The molecule has 0 radical (unpaired) electrons. The molecule has 0 spiro atoms. The summed E-state index contributed by atoms with van der Waals surface area (Å²) in [5.74, 6) is -0.875. The van der Waals surface area contributed by atoms with Gasteiger partial charge in [-0.25, -0.2) is 0 Å². The van der Waals surface area contributed by atoms with Crippen LogP contribution in [-0.2, 0) is 0 Å². The molecule has 0 amide bonds. The summed E-state index contributed by atoms with van der Waals surface area (Å²) in [7, 11) is 0. The van der Waals surface area contributed by atoms with Gasteiger partial charge in [-0.05, 0) is 23.8 Å². The van der Waals surface area contributed by atoms with Gasteiger partial charge in [0, 0.05) is 4.47 Å². The van der Waals surface area contributed by atoms with Crippen LogP contribution in [-0.4, -0.2) is 15.5 Å². The number of nitro groups is 1. The molecule has 0 bridgehead atoms.